The minimum absolute atomic E-state index is 0.113. The summed E-state index contributed by atoms with van der Waals surface area (Å²) in [6, 6.07) is 12.7. The molecule has 2 heterocycles. The van der Waals surface area contributed by atoms with Crippen molar-refractivity contribution in [3.63, 3.8) is 0 Å². The number of hydrogen-bond acceptors (Lipinski definition) is 5. The van der Waals surface area contributed by atoms with Gasteiger partial charge in [-0.15, -0.1) is 22.7 Å². The van der Waals surface area contributed by atoms with Crippen molar-refractivity contribution in [2.45, 2.75) is 16.7 Å². The normalized spacial score (nSPS) is 14.9. The number of hydrogen-bond donors (Lipinski definition) is 2. The molecule has 2 aromatic heterocycles. The van der Waals surface area contributed by atoms with E-state index in [1.54, 1.807) is 6.92 Å². The number of aliphatic hydroxyl groups is 1. The van der Waals surface area contributed by atoms with Crippen molar-refractivity contribution in [1.82, 2.24) is 4.72 Å². The van der Waals surface area contributed by atoms with E-state index < -0.39 is 15.6 Å². The van der Waals surface area contributed by atoms with Crippen molar-refractivity contribution in [3.8, 4) is 0 Å². The molecule has 0 aliphatic heterocycles. The summed E-state index contributed by atoms with van der Waals surface area (Å²) in [6.07, 6.45) is 0. The summed E-state index contributed by atoms with van der Waals surface area (Å²) in [7, 11) is -3.68. The number of fused-ring (bicyclic) bond motifs is 1. The molecule has 1 atom stereocenters. The van der Waals surface area contributed by atoms with Crippen molar-refractivity contribution in [3.05, 3.63) is 51.7 Å². The predicted molar refractivity (Wildman–Crippen MR) is 95.9 cm³/mol. The lowest BCUT2D eigenvalue weighted by molar-refractivity contribution is 0.0667. The summed E-state index contributed by atoms with van der Waals surface area (Å²) in [5, 5.41) is 11.7. The van der Waals surface area contributed by atoms with Gasteiger partial charge in [-0.3, -0.25) is 0 Å². The lowest BCUT2D eigenvalue weighted by Gasteiger charge is -2.22. The number of thiophene rings is 2. The first-order chi connectivity index (χ1) is 10.8. The number of benzene rings is 1. The zero-order valence-corrected chi connectivity index (χ0v) is 15.3. The largest absolute Gasteiger partial charge is 0.383 e. The lowest BCUT2D eigenvalue weighted by Crippen LogP contribution is -2.37. The third-order valence-electron chi connectivity index (χ3n) is 3.38. The second kappa shape index (κ2) is 6.16. The third-order valence-corrected chi connectivity index (χ3v) is 7.87. The Morgan fingerprint density at radius 3 is 2.61 bits per heavy atom. The van der Waals surface area contributed by atoms with Crippen LogP contribution in [-0.2, 0) is 15.6 Å². The van der Waals surface area contributed by atoms with Crippen LogP contribution in [0.25, 0.3) is 10.1 Å². The molecule has 0 saturated carbocycles. The Hall–Kier alpha value is -0.960. The molecule has 4 nitrogen and oxygen atoms in total. The van der Waals surface area contributed by atoms with E-state index in [2.05, 4.69) is 4.72 Å². The van der Waals surface area contributed by atoms with Crippen molar-refractivity contribution in [1.29, 1.82) is 0 Å². The molecule has 1 aromatic carbocycles. The van der Waals surface area contributed by atoms with Gasteiger partial charge in [-0.05, 0) is 36.6 Å². The maximum atomic E-state index is 12.2. The monoisotopic (exact) mass is 387 g/mol. The molecule has 0 aliphatic rings. The van der Waals surface area contributed by atoms with Gasteiger partial charge in [-0.1, -0.05) is 29.8 Å². The van der Waals surface area contributed by atoms with Crippen molar-refractivity contribution in [2.24, 2.45) is 0 Å². The van der Waals surface area contributed by atoms with Crippen molar-refractivity contribution in [2.75, 3.05) is 6.54 Å². The summed E-state index contributed by atoms with van der Waals surface area (Å²) in [5.74, 6) is 0. The zero-order valence-electron chi connectivity index (χ0n) is 12.1. The molecule has 3 rings (SSSR count). The third kappa shape index (κ3) is 3.60. The van der Waals surface area contributed by atoms with E-state index in [0.717, 1.165) is 21.4 Å². The maximum Gasteiger partial charge on any atom is 0.250 e. The van der Waals surface area contributed by atoms with Gasteiger partial charge in [-0.25, -0.2) is 13.1 Å². The van der Waals surface area contributed by atoms with Gasteiger partial charge < -0.3 is 5.11 Å². The SMILES string of the molecule is CC(O)(CNS(=O)(=O)c1ccc(Cl)s1)c1cc2ccccc2s1. The fourth-order valence-corrected chi connectivity index (χ4v) is 5.85. The molecule has 8 heteroatoms. The number of nitrogens with one attached hydrogen (secondary N) is 1. The van der Waals surface area contributed by atoms with Crippen LogP contribution in [0.5, 0.6) is 0 Å². The average molecular weight is 388 g/mol. The smallest absolute Gasteiger partial charge is 0.250 e. The van der Waals surface area contributed by atoms with Gasteiger partial charge in [0.2, 0.25) is 10.0 Å². The molecule has 0 fully saturated rings. The van der Waals surface area contributed by atoms with E-state index in [0.29, 0.717) is 9.21 Å². The highest BCUT2D eigenvalue weighted by atomic mass is 35.5. The quantitative estimate of drug-likeness (QED) is 0.699. The first-order valence-corrected chi connectivity index (χ1v) is 10.2. The van der Waals surface area contributed by atoms with E-state index in [-0.39, 0.29) is 10.8 Å². The highest BCUT2D eigenvalue weighted by molar-refractivity contribution is 7.91. The Morgan fingerprint density at radius 1 is 1.22 bits per heavy atom. The molecule has 23 heavy (non-hydrogen) atoms. The molecule has 3 aromatic rings. The van der Waals surface area contributed by atoms with Crippen molar-refractivity contribution >= 4 is 54.4 Å². The van der Waals surface area contributed by atoms with E-state index in [1.165, 1.54) is 23.5 Å². The summed E-state index contributed by atoms with van der Waals surface area (Å²) in [4.78, 5) is 0.714. The number of sulfonamides is 1. The molecule has 0 aliphatic carbocycles. The van der Waals surface area contributed by atoms with Crippen LogP contribution in [0.4, 0.5) is 0 Å². The van der Waals surface area contributed by atoms with Crippen LogP contribution in [0.3, 0.4) is 0 Å². The fourth-order valence-electron chi connectivity index (χ4n) is 2.08. The second-order valence-electron chi connectivity index (χ2n) is 5.31. The zero-order chi connectivity index (χ0) is 16.7. The van der Waals surface area contributed by atoms with Gasteiger partial charge in [0, 0.05) is 16.1 Å². The lowest BCUT2D eigenvalue weighted by atomic mass is 10.1. The minimum Gasteiger partial charge on any atom is -0.383 e. The molecule has 0 bridgehead atoms. The van der Waals surface area contributed by atoms with Crippen LogP contribution in [0.1, 0.15) is 11.8 Å². The predicted octanol–water partition coefficient (Wildman–Crippen LogP) is 3.80. The van der Waals surface area contributed by atoms with E-state index in [1.807, 2.05) is 30.3 Å². The Bertz CT molecular complexity index is 911. The average Bonchev–Trinajstić information content (AvgIpc) is 3.12. The Kier molecular flexibility index (Phi) is 4.52. The van der Waals surface area contributed by atoms with E-state index in [9.17, 15) is 13.5 Å². The molecule has 0 spiro atoms. The Labute approximate surface area is 147 Å². The van der Waals surface area contributed by atoms with Gasteiger partial charge in [-0.2, -0.15) is 0 Å². The van der Waals surface area contributed by atoms with E-state index in [4.69, 9.17) is 11.6 Å². The second-order valence-corrected chi connectivity index (χ2v) is 10.1. The Balaban J connectivity index is 1.80. The molecule has 0 amide bonds. The maximum absolute atomic E-state index is 12.2. The summed E-state index contributed by atoms with van der Waals surface area (Å²) < 4.78 is 28.5. The highest BCUT2D eigenvalue weighted by Crippen LogP contribution is 2.33. The van der Waals surface area contributed by atoms with Gasteiger partial charge in [0.05, 0.1) is 4.34 Å². The molecule has 122 valence electrons. The Morgan fingerprint density at radius 2 is 1.96 bits per heavy atom. The fraction of sp³-hybridized carbons (Fsp3) is 0.200. The first-order valence-electron chi connectivity index (χ1n) is 6.74. The summed E-state index contributed by atoms with van der Waals surface area (Å²) in [6.45, 7) is 1.49. The summed E-state index contributed by atoms with van der Waals surface area (Å²) >= 11 is 8.21. The van der Waals surface area contributed by atoms with Gasteiger partial charge in [0.15, 0.2) is 0 Å². The first kappa shape index (κ1) is 16.9. The number of halogens is 1. The molecular formula is C15H14ClNO3S3. The van der Waals surface area contributed by atoms with Crippen LogP contribution in [-0.4, -0.2) is 20.1 Å². The summed E-state index contributed by atoms with van der Waals surface area (Å²) in [5.41, 5.74) is -1.29. The van der Waals surface area contributed by atoms with E-state index >= 15 is 0 Å². The van der Waals surface area contributed by atoms with Crippen molar-refractivity contribution < 1.29 is 13.5 Å². The van der Waals surface area contributed by atoms with Crippen LogP contribution in [0, 0.1) is 0 Å². The van der Waals surface area contributed by atoms with Crippen LogP contribution < -0.4 is 4.72 Å². The molecular weight excluding hydrogens is 374 g/mol. The molecule has 1 unspecified atom stereocenters. The van der Waals surface area contributed by atoms with Gasteiger partial charge in [0.25, 0.3) is 0 Å². The molecule has 0 radical (unpaired) electrons. The molecule has 0 saturated heterocycles. The van der Waals surface area contributed by atoms with Crippen LogP contribution in [0.2, 0.25) is 4.34 Å². The highest BCUT2D eigenvalue weighted by Gasteiger charge is 2.28. The van der Waals surface area contributed by atoms with Crippen LogP contribution >= 0.6 is 34.3 Å². The topological polar surface area (TPSA) is 66.4 Å². The van der Waals surface area contributed by atoms with Gasteiger partial charge >= 0.3 is 0 Å². The van der Waals surface area contributed by atoms with Gasteiger partial charge in [0.1, 0.15) is 9.81 Å². The standard InChI is InChI=1S/C15H14ClNO3S3/c1-15(18,12-8-10-4-2-3-5-11(10)21-12)9-17-23(19,20)14-7-6-13(16)22-14/h2-8,17-18H,9H2,1H3. The minimum atomic E-state index is -3.68. The van der Waals surface area contributed by atoms with Crippen LogP contribution in [0.15, 0.2) is 46.7 Å². The molecule has 2 N–H and O–H groups in total. The number of rotatable bonds is 5.